The number of likely N-dealkylation sites (tertiary alicyclic amines) is 1. The van der Waals surface area contributed by atoms with Crippen LogP contribution in [0, 0.1) is 0 Å². The Balaban J connectivity index is 1.47. The molecule has 1 aromatic heterocycles. The SMILES string of the molecule is CC(C)(C)OC(=O)N1CCC[C@H]1c1nc(-c2ccc(Nc3ccccc3Br)cc2)c[nH]1. The molecule has 0 radical (unpaired) electrons. The standard InChI is InChI=1S/C24H27BrN4O2/c1-24(2,3)31-23(30)29-14-6-9-21(29)22-26-15-20(28-22)16-10-12-17(13-11-16)27-19-8-5-4-7-18(19)25/h4-5,7-8,10-13,15,21,27H,6,9,14H2,1-3H3,(H,26,28)/t21-/m0/s1. The summed E-state index contributed by atoms with van der Waals surface area (Å²) in [4.78, 5) is 22.4. The van der Waals surface area contributed by atoms with Gasteiger partial charge in [0.2, 0.25) is 0 Å². The quantitative estimate of drug-likeness (QED) is 0.436. The van der Waals surface area contributed by atoms with Gasteiger partial charge in [0.1, 0.15) is 11.4 Å². The molecule has 0 aliphatic carbocycles. The van der Waals surface area contributed by atoms with Gasteiger partial charge >= 0.3 is 6.09 Å². The number of amides is 1. The number of imidazole rings is 1. The lowest BCUT2D eigenvalue weighted by atomic mass is 10.1. The summed E-state index contributed by atoms with van der Waals surface area (Å²) < 4.78 is 6.59. The molecule has 0 unspecified atom stereocenters. The number of para-hydroxylation sites is 1. The lowest BCUT2D eigenvalue weighted by molar-refractivity contribution is 0.0218. The number of hydrogen-bond donors (Lipinski definition) is 2. The van der Waals surface area contributed by atoms with Crippen LogP contribution in [0.4, 0.5) is 16.2 Å². The largest absolute Gasteiger partial charge is 0.444 e. The highest BCUT2D eigenvalue weighted by atomic mass is 79.9. The van der Waals surface area contributed by atoms with Gasteiger partial charge in [0.25, 0.3) is 0 Å². The van der Waals surface area contributed by atoms with Gasteiger partial charge in [-0.2, -0.15) is 0 Å². The third-order valence-electron chi connectivity index (χ3n) is 5.13. The molecule has 7 heteroatoms. The van der Waals surface area contributed by atoms with Crippen molar-refractivity contribution in [2.75, 3.05) is 11.9 Å². The smallest absolute Gasteiger partial charge is 0.410 e. The van der Waals surface area contributed by atoms with Gasteiger partial charge in [0.15, 0.2) is 0 Å². The first-order chi connectivity index (χ1) is 14.8. The maximum absolute atomic E-state index is 12.6. The molecule has 2 N–H and O–H groups in total. The fraction of sp³-hybridized carbons (Fsp3) is 0.333. The van der Waals surface area contributed by atoms with E-state index < -0.39 is 5.60 Å². The number of rotatable bonds is 4. The van der Waals surface area contributed by atoms with Gasteiger partial charge in [-0.05, 0) is 73.8 Å². The van der Waals surface area contributed by atoms with Crippen LogP contribution in [-0.4, -0.2) is 33.1 Å². The molecule has 0 saturated carbocycles. The Hall–Kier alpha value is -2.80. The minimum atomic E-state index is -0.510. The van der Waals surface area contributed by atoms with E-state index in [1.807, 2.05) is 75.5 Å². The number of hydrogen-bond acceptors (Lipinski definition) is 4. The summed E-state index contributed by atoms with van der Waals surface area (Å²) in [6, 6.07) is 16.1. The fourth-order valence-electron chi connectivity index (χ4n) is 3.69. The summed E-state index contributed by atoms with van der Waals surface area (Å²) in [6.07, 6.45) is 3.43. The Morgan fingerprint density at radius 3 is 2.65 bits per heavy atom. The van der Waals surface area contributed by atoms with E-state index in [9.17, 15) is 4.79 Å². The van der Waals surface area contributed by atoms with E-state index in [4.69, 9.17) is 9.72 Å². The monoisotopic (exact) mass is 482 g/mol. The van der Waals surface area contributed by atoms with Crippen LogP contribution in [0.15, 0.2) is 59.2 Å². The molecule has 0 spiro atoms. The minimum absolute atomic E-state index is 0.0834. The Morgan fingerprint density at radius 2 is 1.94 bits per heavy atom. The van der Waals surface area contributed by atoms with Crippen LogP contribution in [0.3, 0.4) is 0 Å². The number of ether oxygens (including phenoxy) is 1. The van der Waals surface area contributed by atoms with Crippen LogP contribution < -0.4 is 5.32 Å². The molecule has 1 fully saturated rings. The van der Waals surface area contributed by atoms with Crippen LogP contribution in [0.25, 0.3) is 11.3 Å². The zero-order valence-corrected chi connectivity index (χ0v) is 19.6. The van der Waals surface area contributed by atoms with Gasteiger partial charge in [-0.1, -0.05) is 24.3 Å². The van der Waals surface area contributed by atoms with E-state index in [1.54, 1.807) is 4.90 Å². The van der Waals surface area contributed by atoms with E-state index >= 15 is 0 Å². The van der Waals surface area contributed by atoms with E-state index in [2.05, 4.69) is 26.2 Å². The van der Waals surface area contributed by atoms with Crippen molar-refractivity contribution in [3.8, 4) is 11.3 Å². The van der Waals surface area contributed by atoms with Crippen LogP contribution >= 0.6 is 15.9 Å². The lowest BCUT2D eigenvalue weighted by Gasteiger charge is -2.27. The summed E-state index contributed by atoms with van der Waals surface area (Å²) in [5, 5.41) is 3.40. The van der Waals surface area contributed by atoms with Crippen LogP contribution in [-0.2, 0) is 4.74 Å². The molecule has 4 rings (SSSR count). The normalized spacial score (nSPS) is 16.4. The van der Waals surface area contributed by atoms with Gasteiger partial charge < -0.3 is 15.0 Å². The highest BCUT2D eigenvalue weighted by Crippen LogP contribution is 2.33. The summed E-state index contributed by atoms with van der Waals surface area (Å²) in [6.45, 7) is 6.34. The van der Waals surface area contributed by atoms with Gasteiger partial charge in [-0.3, -0.25) is 4.90 Å². The molecule has 3 aromatic rings. The lowest BCUT2D eigenvalue weighted by Crippen LogP contribution is -2.36. The molecule has 162 valence electrons. The molecular formula is C24H27BrN4O2. The maximum atomic E-state index is 12.6. The Morgan fingerprint density at radius 1 is 1.19 bits per heavy atom. The highest BCUT2D eigenvalue weighted by molar-refractivity contribution is 9.10. The Kier molecular flexibility index (Phi) is 6.05. The van der Waals surface area contributed by atoms with Crippen molar-refractivity contribution >= 4 is 33.4 Å². The Labute approximate surface area is 191 Å². The van der Waals surface area contributed by atoms with Crippen molar-refractivity contribution in [2.24, 2.45) is 0 Å². The predicted molar refractivity (Wildman–Crippen MR) is 126 cm³/mol. The van der Waals surface area contributed by atoms with Gasteiger partial charge in [0.05, 0.1) is 17.4 Å². The molecule has 1 amide bonds. The number of carbonyl (C=O) groups excluding carboxylic acids is 1. The van der Waals surface area contributed by atoms with E-state index in [-0.39, 0.29) is 12.1 Å². The summed E-state index contributed by atoms with van der Waals surface area (Å²) in [7, 11) is 0. The molecule has 0 bridgehead atoms. The molecule has 1 aliphatic rings. The van der Waals surface area contributed by atoms with E-state index in [0.717, 1.165) is 45.8 Å². The number of H-pyrrole nitrogens is 1. The van der Waals surface area contributed by atoms with Crippen LogP contribution in [0.1, 0.15) is 45.5 Å². The van der Waals surface area contributed by atoms with Crippen molar-refractivity contribution in [3.63, 3.8) is 0 Å². The van der Waals surface area contributed by atoms with Crippen molar-refractivity contribution in [2.45, 2.75) is 45.3 Å². The number of nitrogens with zero attached hydrogens (tertiary/aromatic N) is 2. The number of halogens is 1. The third-order valence-corrected chi connectivity index (χ3v) is 5.82. The van der Waals surface area contributed by atoms with Crippen molar-refractivity contribution < 1.29 is 9.53 Å². The first-order valence-electron chi connectivity index (χ1n) is 10.5. The second kappa shape index (κ2) is 8.75. The molecule has 31 heavy (non-hydrogen) atoms. The molecule has 6 nitrogen and oxygen atoms in total. The van der Waals surface area contributed by atoms with Crippen LogP contribution in [0.2, 0.25) is 0 Å². The predicted octanol–water partition coefficient (Wildman–Crippen LogP) is 6.65. The second-order valence-corrected chi connectivity index (χ2v) is 9.54. The molecule has 2 aromatic carbocycles. The minimum Gasteiger partial charge on any atom is -0.444 e. The summed E-state index contributed by atoms with van der Waals surface area (Å²) in [5.74, 6) is 0.800. The van der Waals surface area contributed by atoms with Crippen molar-refractivity contribution in [3.05, 3.63) is 65.0 Å². The maximum Gasteiger partial charge on any atom is 0.410 e. The first kappa shape index (κ1) is 21.4. The summed E-state index contributed by atoms with van der Waals surface area (Å²) in [5.41, 5.74) is 3.38. The molecule has 1 atom stereocenters. The van der Waals surface area contributed by atoms with Crippen molar-refractivity contribution in [1.82, 2.24) is 14.9 Å². The number of nitrogens with one attached hydrogen (secondary N) is 2. The van der Waals surface area contributed by atoms with E-state index in [0.29, 0.717) is 6.54 Å². The Bertz CT molecular complexity index is 1060. The number of benzene rings is 2. The number of aromatic nitrogens is 2. The van der Waals surface area contributed by atoms with E-state index in [1.165, 1.54) is 0 Å². The molecule has 1 saturated heterocycles. The second-order valence-electron chi connectivity index (χ2n) is 8.68. The molecule has 2 heterocycles. The third kappa shape index (κ3) is 5.10. The topological polar surface area (TPSA) is 70.2 Å². The van der Waals surface area contributed by atoms with Gasteiger partial charge in [-0.15, -0.1) is 0 Å². The average molecular weight is 483 g/mol. The summed E-state index contributed by atoms with van der Waals surface area (Å²) >= 11 is 3.56. The number of aromatic amines is 1. The fourth-order valence-corrected chi connectivity index (χ4v) is 4.07. The zero-order chi connectivity index (χ0) is 22.0. The zero-order valence-electron chi connectivity index (χ0n) is 18.0. The average Bonchev–Trinajstić information content (AvgIpc) is 3.38. The van der Waals surface area contributed by atoms with Crippen LogP contribution in [0.5, 0.6) is 0 Å². The van der Waals surface area contributed by atoms with Gasteiger partial charge in [0, 0.05) is 28.5 Å². The van der Waals surface area contributed by atoms with Gasteiger partial charge in [-0.25, -0.2) is 9.78 Å². The molecular weight excluding hydrogens is 456 g/mol. The first-order valence-corrected chi connectivity index (χ1v) is 11.3. The number of anilines is 2. The number of carbonyl (C=O) groups is 1. The van der Waals surface area contributed by atoms with Crippen molar-refractivity contribution in [1.29, 1.82) is 0 Å². The molecule has 1 aliphatic heterocycles. The highest BCUT2D eigenvalue weighted by Gasteiger charge is 2.34.